The van der Waals surface area contributed by atoms with Crippen LogP contribution in [-0.2, 0) is 26.0 Å². The van der Waals surface area contributed by atoms with E-state index in [2.05, 4.69) is 10.0 Å². The minimum atomic E-state index is -4.00. The van der Waals surface area contributed by atoms with Gasteiger partial charge in [-0.05, 0) is 43.2 Å². The van der Waals surface area contributed by atoms with Gasteiger partial charge in [0, 0.05) is 13.2 Å². The molecule has 0 aliphatic rings. The van der Waals surface area contributed by atoms with Crippen molar-refractivity contribution in [1.82, 2.24) is 10.0 Å². The minimum Gasteiger partial charge on any atom is -0.383 e. The van der Waals surface area contributed by atoms with Gasteiger partial charge in [0.25, 0.3) is 0 Å². The molecule has 2 aromatic carbocycles. The zero-order valence-corrected chi connectivity index (χ0v) is 16.0. The van der Waals surface area contributed by atoms with Crippen LogP contribution in [0.25, 0.3) is 0 Å². The van der Waals surface area contributed by atoms with Gasteiger partial charge in [-0.2, -0.15) is 4.72 Å². The topological polar surface area (TPSA) is 84.5 Å². The molecule has 27 heavy (non-hydrogen) atoms. The number of halogens is 1. The summed E-state index contributed by atoms with van der Waals surface area (Å²) in [7, 11) is -2.48. The van der Waals surface area contributed by atoms with Crippen molar-refractivity contribution < 1.29 is 22.3 Å². The number of hydrogen-bond donors (Lipinski definition) is 2. The second-order valence-electron chi connectivity index (χ2n) is 6.18. The van der Waals surface area contributed by atoms with Gasteiger partial charge in [0.15, 0.2) is 0 Å². The van der Waals surface area contributed by atoms with Gasteiger partial charge in [-0.25, -0.2) is 12.8 Å². The van der Waals surface area contributed by atoms with E-state index in [4.69, 9.17) is 4.74 Å². The fourth-order valence-electron chi connectivity index (χ4n) is 2.54. The number of methoxy groups -OCH3 is 1. The first-order chi connectivity index (χ1) is 12.8. The molecule has 0 aliphatic heterocycles. The number of nitrogens with one attached hydrogen (secondary N) is 2. The summed E-state index contributed by atoms with van der Waals surface area (Å²) in [5.41, 5.74) is 0.804. The summed E-state index contributed by atoms with van der Waals surface area (Å²) in [6.45, 7) is 2.06. The number of benzene rings is 2. The quantitative estimate of drug-likeness (QED) is 0.680. The van der Waals surface area contributed by atoms with Crippen LogP contribution >= 0.6 is 0 Å². The molecule has 2 aromatic rings. The summed E-state index contributed by atoms with van der Waals surface area (Å²) in [4.78, 5) is 12.5. The summed E-state index contributed by atoms with van der Waals surface area (Å²) in [6, 6.07) is 12.2. The molecule has 6 nitrogen and oxygen atoms in total. The molecule has 0 fully saturated rings. The smallest absolute Gasteiger partial charge is 0.241 e. The molecule has 0 heterocycles. The van der Waals surface area contributed by atoms with E-state index in [1.165, 1.54) is 7.11 Å². The number of carbonyl (C=O) groups is 1. The molecule has 0 bridgehead atoms. The van der Waals surface area contributed by atoms with Crippen molar-refractivity contribution in [2.75, 3.05) is 13.7 Å². The number of sulfonamides is 1. The van der Waals surface area contributed by atoms with Gasteiger partial charge >= 0.3 is 0 Å². The van der Waals surface area contributed by atoms with Crippen LogP contribution in [0.2, 0.25) is 0 Å². The molecule has 0 spiro atoms. The number of carbonyl (C=O) groups excluding carboxylic acids is 1. The number of hydrogen-bond acceptors (Lipinski definition) is 4. The Morgan fingerprint density at radius 3 is 2.33 bits per heavy atom. The monoisotopic (exact) mass is 394 g/mol. The van der Waals surface area contributed by atoms with Gasteiger partial charge in [-0.3, -0.25) is 4.79 Å². The van der Waals surface area contributed by atoms with Crippen LogP contribution < -0.4 is 10.0 Å². The normalized spacial score (nSPS) is 13.7. The Morgan fingerprint density at radius 1 is 1.11 bits per heavy atom. The number of ether oxygens (including phenoxy) is 1. The molecule has 0 radical (unpaired) electrons. The average molecular weight is 394 g/mol. The van der Waals surface area contributed by atoms with Gasteiger partial charge in [0.1, 0.15) is 11.9 Å². The Balaban J connectivity index is 2.22. The van der Waals surface area contributed by atoms with Crippen molar-refractivity contribution in [2.45, 2.75) is 30.3 Å². The third kappa shape index (κ3) is 6.42. The van der Waals surface area contributed by atoms with Crippen molar-refractivity contribution in [1.29, 1.82) is 0 Å². The van der Waals surface area contributed by atoms with E-state index in [0.29, 0.717) is 6.61 Å². The maximum atomic E-state index is 13.1. The van der Waals surface area contributed by atoms with Crippen molar-refractivity contribution in [3.63, 3.8) is 0 Å². The van der Waals surface area contributed by atoms with Crippen LogP contribution in [0.15, 0.2) is 59.5 Å². The highest BCUT2D eigenvalue weighted by molar-refractivity contribution is 7.89. The largest absolute Gasteiger partial charge is 0.383 e. The second kappa shape index (κ2) is 9.59. The SMILES string of the molecule is COCC(C)NC(=O)C(Cc1ccccc1)NS(=O)(=O)c1ccc(F)cc1. The average Bonchev–Trinajstić information content (AvgIpc) is 2.62. The molecule has 0 saturated heterocycles. The lowest BCUT2D eigenvalue weighted by Crippen LogP contribution is -2.50. The molecule has 2 atom stereocenters. The van der Waals surface area contributed by atoms with E-state index in [1.807, 2.05) is 30.3 Å². The highest BCUT2D eigenvalue weighted by atomic mass is 32.2. The maximum absolute atomic E-state index is 13.1. The molecule has 0 aromatic heterocycles. The maximum Gasteiger partial charge on any atom is 0.241 e. The molecule has 0 saturated carbocycles. The molecule has 2 N–H and O–H groups in total. The van der Waals surface area contributed by atoms with Crippen molar-refractivity contribution in [3.8, 4) is 0 Å². The predicted molar refractivity (Wildman–Crippen MR) is 100 cm³/mol. The second-order valence-corrected chi connectivity index (χ2v) is 7.90. The zero-order chi connectivity index (χ0) is 19.9. The fourth-order valence-corrected chi connectivity index (χ4v) is 3.74. The molecular weight excluding hydrogens is 371 g/mol. The molecule has 2 unspecified atom stereocenters. The van der Waals surface area contributed by atoms with E-state index < -0.39 is 27.8 Å². The van der Waals surface area contributed by atoms with Crippen LogP contribution in [0.5, 0.6) is 0 Å². The Hall–Kier alpha value is -2.29. The first-order valence-electron chi connectivity index (χ1n) is 8.43. The van der Waals surface area contributed by atoms with Crippen LogP contribution in [0.4, 0.5) is 4.39 Å². The standard InChI is InChI=1S/C19H23FN2O4S/c1-14(13-26-2)21-19(23)18(12-15-6-4-3-5-7-15)22-27(24,25)17-10-8-16(20)9-11-17/h3-11,14,18,22H,12-13H2,1-2H3,(H,21,23). The molecule has 8 heteroatoms. The van der Waals surface area contributed by atoms with Crippen molar-refractivity contribution >= 4 is 15.9 Å². The van der Waals surface area contributed by atoms with Crippen LogP contribution in [0.3, 0.4) is 0 Å². The lowest BCUT2D eigenvalue weighted by atomic mass is 10.1. The first-order valence-corrected chi connectivity index (χ1v) is 9.91. The van der Waals surface area contributed by atoms with Gasteiger partial charge < -0.3 is 10.1 Å². The van der Waals surface area contributed by atoms with Crippen molar-refractivity contribution in [2.24, 2.45) is 0 Å². The first kappa shape index (κ1) is 21.0. The van der Waals surface area contributed by atoms with E-state index in [9.17, 15) is 17.6 Å². The Morgan fingerprint density at radius 2 is 1.74 bits per heavy atom. The van der Waals surface area contributed by atoms with E-state index in [-0.39, 0.29) is 17.4 Å². The van der Waals surface area contributed by atoms with E-state index >= 15 is 0 Å². The van der Waals surface area contributed by atoms with Crippen LogP contribution in [0, 0.1) is 5.82 Å². The Bertz CT molecular complexity index is 842. The summed E-state index contributed by atoms with van der Waals surface area (Å²) in [6.07, 6.45) is 0.173. The lowest BCUT2D eigenvalue weighted by molar-refractivity contribution is -0.123. The van der Waals surface area contributed by atoms with Gasteiger partial charge in [-0.15, -0.1) is 0 Å². The van der Waals surface area contributed by atoms with E-state index in [1.54, 1.807) is 6.92 Å². The Labute approximate surface area is 158 Å². The molecular formula is C19H23FN2O4S. The zero-order valence-electron chi connectivity index (χ0n) is 15.2. The van der Waals surface area contributed by atoms with Crippen LogP contribution in [-0.4, -0.2) is 40.1 Å². The molecule has 146 valence electrons. The minimum absolute atomic E-state index is 0.111. The van der Waals surface area contributed by atoms with Gasteiger partial charge in [0.2, 0.25) is 15.9 Å². The summed E-state index contributed by atoms with van der Waals surface area (Å²) >= 11 is 0. The highest BCUT2D eigenvalue weighted by Gasteiger charge is 2.27. The number of rotatable bonds is 9. The fraction of sp³-hybridized carbons (Fsp3) is 0.316. The highest BCUT2D eigenvalue weighted by Crippen LogP contribution is 2.12. The van der Waals surface area contributed by atoms with Crippen LogP contribution in [0.1, 0.15) is 12.5 Å². The molecule has 0 aliphatic carbocycles. The third-order valence-electron chi connectivity index (χ3n) is 3.83. The third-order valence-corrected chi connectivity index (χ3v) is 5.31. The summed E-state index contributed by atoms with van der Waals surface area (Å²) in [5.74, 6) is -1.00. The van der Waals surface area contributed by atoms with E-state index in [0.717, 1.165) is 29.8 Å². The molecule has 1 amide bonds. The van der Waals surface area contributed by atoms with Gasteiger partial charge in [0.05, 0.1) is 11.5 Å². The summed E-state index contributed by atoms with van der Waals surface area (Å²) in [5, 5.41) is 2.73. The Kier molecular flexibility index (Phi) is 7.46. The number of amides is 1. The predicted octanol–water partition coefficient (Wildman–Crippen LogP) is 1.87. The summed E-state index contributed by atoms with van der Waals surface area (Å²) < 4.78 is 45.7. The van der Waals surface area contributed by atoms with Gasteiger partial charge in [-0.1, -0.05) is 30.3 Å². The van der Waals surface area contributed by atoms with Crippen molar-refractivity contribution in [3.05, 3.63) is 66.0 Å². The lowest BCUT2D eigenvalue weighted by Gasteiger charge is -2.21. The molecule has 2 rings (SSSR count).